The molecule has 0 unspecified atom stereocenters. The molecule has 2 fully saturated rings. The third kappa shape index (κ3) is 3.64. The molecule has 1 aliphatic heterocycles. The maximum Gasteiger partial charge on any atom is 0.00939 e. The number of thioether (sulfide) groups is 1. The van der Waals surface area contributed by atoms with Gasteiger partial charge < -0.3 is 10.2 Å². The first-order chi connectivity index (χ1) is 7.78. The summed E-state index contributed by atoms with van der Waals surface area (Å²) in [6.45, 7) is 2.55. The van der Waals surface area contributed by atoms with E-state index in [1.54, 1.807) is 0 Å². The van der Waals surface area contributed by atoms with Crippen molar-refractivity contribution >= 4 is 11.8 Å². The maximum atomic E-state index is 3.89. The molecule has 2 rings (SSSR count). The lowest BCUT2D eigenvalue weighted by Crippen LogP contribution is -2.46. The van der Waals surface area contributed by atoms with E-state index in [4.69, 9.17) is 0 Å². The van der Waals surface area contributed by atoms with Crippen LogP contribution in [0.25, 0.3) is 0 Å². The molecular weight excluding hydrogens is 216 g/mol. The zero-order chi connectivity index (χ0) is 11.4. The molecule has 0 atom stereocenters. The van der Waals surface area contributed by atoms with Gasteiger partial charge in [-0.2, -0.15) is 11.8 Å². The lowest BCUT2D eigenvalue weighted by Gasteiger charge is -2.35. The Hall–Kier alpha value is 0.270. The molecule has 1 saturated carbocycles. The standard InChI is InChI=1S/C13H26N2S/c1-15-9-7-12(8-10-15)14-11-3-5-13(16-2)6-4-11/h11-14H,3-10H2,1-2H3. The topological polar surface area (TPSA) is 15.3 Å². The summed E-state index contributed by atoms with van der Waals surface area (Å²) in [7, 11) is 2.24. The van der Waals surface area contributed by atoms with Crippen LogP contribution in [0.2, 0.25) is 0 Å². The zero-order valence-electron chi connectivity index (χ0n) is 10.7. The SMILES string of the molecule is CSC1CCC(NC2CCN(C)CC2)CC1. The fourth-order valence-electron chi connectivity index (χ4n) is 2.97. The summed E-state index contributed by atoms with van der Waals surface area (Å²) >= 11 is 2.06. The number of hydrogen-bond acceptors (Lipinski definition) is 3. The molecule has 1 N–H and O–H groups in total. The van der Waals surface area contributed by atoms with E-state index in [1.165, 1.54) is 51.6 Å². The highest BCUT2D eigenvalue weighted by Gasteiger charge is 2.24. The molecule has 3 heteroatoms. The molecule has 0 aromatic carbocycles. The summed E-state index contributed by atoms with van der Waals surface area (Å²) in [5.41, 5.74) is 0. The van der Waals surface area contributed by atoms with E-state index in [1.807, 2.05) is 0 Å². The molecule has 1 saturated heterocycles. The van der Waals surface area contributed by atoms with Crippen molar-refractivity contribution in [1.82, 2.24) is 10.2 Å². The van der Waals surface area contributed by atoms with E-state index in [0.717, 1.165) is 17.3 Å². The van der Waals surface area contributed by atoms with Gasteiger partial charge in [-0.05, 0) is 64.9 Å². The Morgan fingerprint density at radius 2 is 1.50 bits per heavy atom. The first-order valence-electron chi connectivity index (χ1n) is 6.75. The first-order valence-corrected chi connectivity index (χ1v) is 8.04. The second-order valence-electron chi connectivity index (χ2n) is 5.45. The molecule has 2 aliphatic rings. The molecule has 0 radical (unpaired) electrons. The second-order valence-corrected chi connectivity index (χ2v) is 6.59. The number of piperidine rings is 1. The van der Waals surface area contributed by atoms with Gasteiger partial charge >= 0.3 is 0 Å². The van der Waals surface area contributed by atoms with E-state index in [0.29, 0.717) is 0 Å². The number of rotatable bonds is 3. The number of hydrogen-bond donors (Lipinski definition) is 1. The molecule has 1 aliphatic carbocycles. The summed E-state index contributed by atoms with van der Waals surface area (Å²) in [6, 6.07) is 1.61. The van der Waals surface area contributed by atoms with Gasteiger partial charge in [0.1, 0.15) is 0 Å². The van der Waals surface area contributed by atoms with Gasteiger partial charge in [-0.1, -0.05) is 0 Å². The predicted octanol–water partition coefficient (Wildman–Crippen LogP) is 2.34. The molecule has 16 heavy (non-hydrogen) atoms. The van der Waals surface area contributed by atoms with Crippen LogP contribution in [0.5, 0.6) is 0 Å². The van der Waals surface area contributed by atoms with Crippen LogP contribution < -0.4 is 5.32 Å². The van der Waals surface area contributed by atoms with Crippen molar-refractivity contribution < 1.29 is 0 Å². The van der Waals surface area contributed by atoms with Gasteiger partial charge in [0.05, 0.1) is 0 Å². The van der Waals surface area contributed by atoms with Crippen LogP contribution in [-0.4, -0.2) is 48.6 Å². The van der Waals surface area contributed by atoms with E-state index >= 15 is 0 Å². The highest BCUT2D eigenvalue weighted by atomic mass is 32.2. The van der Waals surface area contributed by atoms with Crippen molar-refractivity contribution in [3.05, 3.63) is 0 Å². The molecule has 0 aromatic rings. The summed E-state index contributed by atoms with van der Waals surface area (Å²) < 4.78 is 0. The van der Waals surface area contributed by atoms with Crippen molar-refractivity contribution in [3.63, 3.8) is 0 Å². The normalized spacial score (nSPS) is 34.1. The van der Waals surface area contributed by atoms with Crippen LogP contribution in [0.1, 0.15) is 38.5 Å². The summed E-state index contributed by atoms with van der Waals surface area (Å²) in [6.07, 6.45) is 10.6. The lowest BCUT2D eigenvalue weighted by atomic mass is 9.93. The molecule has 0 amide bonds. The molecule has 2 nitrogen and oxygen atoms in total. The number of nitrogens with one attached hydrogen (secondary N) is 1. The van der Waals surface area contributed by atoms with Gasteiger partial charge in [0, 0.05) is 17.3 Å². The maximum absolute atomic E-state index is 3.89. The predicted molar refractivity (Wildman–Crippen MR) is 73.2 cm³/mol. The average Bonchev–Trinajstić information content (AvgIpc) is 2.33. The van der Waals surface area contributed by atoms with E-state index in [-0.39, 0.29) is 0 Å². The quantitative estimate of drug-likeness (QED) is 0.818. The van der Waals surface area contributed by atoms with Gasteiger partial charge in [-0.3, -0.25) is 0 Å². The summed E-state index contributed by atoms with van der Waals surface area (Å²) in [5, 5.41) is 4.83. The van der Waals surface area contributed by atoms with Crippen LogP contribution in [0, 0.1) is 0 Å². The highest BCUT2D eigenvalue weighted by Crippen LogP contribution is 2.27. The van der Waals surface area contributed by atoms with Gasteiger partial charge in [-0.15, -0.1) is 0 Å². The third-order valence-corrected chi connectivity index (χ3v) is 5.34. The van der Waals surface area contributed by atoms with Gasteiger partial charge in [0.15, 0.2) is 0 Å². The Morgan fingerprint density at radius 1 is 0.938 bits per heavy atom. The number of nitrogens with zero attached hydrogens (tertiary/aromatic N) is 1. The molecular formula is C13H26N2S. The fraction of sp³-hybridized carbons (Fsp3) is 1.00. The Balaban J connectivity index is 1.66. The molecule has 0 bridgehead atoms. The van der Waals surface area contributed by atoms with Crippen LogP contribution in [0.3, 0.4) is 0 Å². The molecule has 1 heterocycles. The first kappa shape index (κ1) is 12.7. The smallest absolute Gasteiger partial charge is 0.00939 e. The van der Waals surface area contributed by atoms with Gasteiger partial charge in [0.25, 0.3) is 0 Å². The van der Waals surface area contributed by atoms with Crippen LogP contribution >= 0.6 is 11.8 Å². The van der Waals surface area contributed by atoms with Crippen molar-refractivity contribution in [1.29, 1.82) is 0 Å². The minimum Gasteiger partial charge on any atom is -0.311 e. The monoisotopic (exact) mass is 242 g/mol. The number of likely N-dealkylation sites (tertiary alicyclic amines) is 1. The Bertz CT molecular complexity index is 194. The van der Waals surface area contributed by atoms with Gasteiger partial charge in [-0.25, -0.2) is 0 Å². The molecule has 94 valence electrons. The third-order valence-electron chi connectivity index (χ3n) is 4.20. The van der Waals surface area contributed by atoms with Crippen LogP contribution in [0.4, 0.5) is 0 Å². The van der Waals surface area contributed by atoms with Crippen LogP contribution in [-0.2, 0) is 0 Å². The summed E-state index contributed by atoms with van der Waals surface area (Å²) in [5.74, 6) is 0. The highest BCUT2D eigenvalue weighted by molar-refractivity contribution is 7.99. The van der Waals surface area contributed by atoms with E-state index in [2.05, 4.69) is 35.3 Å². The van der Waals surface area contributed by atoms with E-state index < -0.39 is 0 Å². The van der Waals surface area contributed by atoms with E-state index in [9.17, 15) is 0 Å². The van der Waals surface area contributed by atoms with Crippen molar-refractivity contribution in [2.45, 2.75) is 55.9 Å². The van der Waals surface area contributed by atoms with Gasteiger partial charge in [0.2, 0.25) is 0 Å². The minimum atomic E-state index is 0.798. The second kappa shape index (κ2) is 6.27. The lowest BCUT2D eigenvalue weighted by molar-refractivity contribution is 0.214. The van der Waals surface area contributed by atoms with Crippen LogP contribution in [0.15, 0.2) is 0 Å². The Kier molecular flexibility index (Phi) is 4.98. The minimum absolute atomic E-state index is 0.798. The fourth-order valence-corrected chi connectivity index (χ4v) is 3.72. The Morgan fingerprint density at radius 3 is 2.06 bits per heavy atom. The zero-order valence-corrected chi connectivity index (χ0v) is 11.6. The van der Waals surface area contributed by atoms with Crippen molar-refractivity contribution in [2.75, 3.05) is 26.4 Å². The summed E-state index contributed by atoms with van der Waals surface area (Å²) in [4.78, 5) is 2.45. The molecule has 0 spiro atoms. The van der Waals surface area contributed by atoms with Crippen molar-refractivity contribution in [3.8, 4) is 0 Å². The Labute approximate surface area is 105 Å². The largest absolute Gasteiger partial charge is 0.311 e. The molecule has 0 aromatic heterocycles. The van der Waals surface area contributed by atoms with Crippen molar-refractivity contribution in [2.24, 2.45) is 0 Å². The average molecular weight is 242 g/mol.